The molecule has 2 N–H and O–H groups in total. The van der Waals surface area contributed by atoms with Gasteiger partial charge in [0.05, 0.1) is 21.7 Å². The summed E-state index contributed by atoms with van der Waals surface area (Å²) >= 11 is 1.73. The second kappa shape index (κ2) is 10.0. The molecular formula is C22H33Cl2N5OS. The van der Waals surface area contributed by atoms with Gasteiger partial charge in [-0.1, -0.05) is 13.8 Å². The monoisotopic (exact) mass is 485 g/mol. The lowest BCUT2D eigenvalue weighted by atomic mass is 9.96. The van der Waals surface area contributed by atoms with Crippen LogP contribution < -0.4 is 15.9 Å². The number of halogens is 2. The summed E-state index contributed by atoms with van der Waals surface area (Å²) in [5, 5.41) is 18.2. The van der Waals surface area contributed by atoms with Crippen molar-refractivity contribution in [1.29, 1.82) is 0 Å². The van der Waals surface area contributed by atoms with Gasteiger partial charge in [-0.15, -0.1) is 36.2 Å². The van der Waals surface area contributed by atoms with Gasteiger partial charge >= 0.3 is 0 Å². The summed E-state index contributed by atoms with van der Waals surface area (Å²) in [4.78, 5) is 14.6. The molecule has 1 atom stereocenters. The van der Waals surface area contributed by atoms with E-state index in [4.69, 9.17) is 9.97 Å². The smallest absolute Gasteiger partial charge is 0.124 e. The van der Waals surface area contributed by atoms with Crippen LogP contribution in [0.5, 0.6) is 0 Å². The average molecular weight is 487 g/mol. The first-order chi connectivity index (χ1) is 13.7. The van der Waals surface area contributed by atoms with Crippen LogP contribution in [0.4, 0.5) is 5.00 Å². The Hall–Kier alpha value is -1.38. The largest absolute Gasteiger partial charge is 0.390 e. The van der Waals surface area contributed by atoms with Gasteiger partial charge < -0.3 is 15.3 Å². The number of piperazine rings is 1. The van der Waals surface area contributed by atoms with Gasteiger partial charge in [0.1, 0.15) is 10.7 Å². The Kier molecular flexibility index (Phi) is 8.39. The Labute approximate surface area is 200 Å². The molecule has 2 aliphatic rings. The predicted molar refractivity (Wildman–Crippen MR) is 134 cm³/mol. The minimum atomic E-state index is -0.696. The number of hydrogen-bond donors (Lipinski definition) is 2. The van der Waals surface area contributed by atoms with Crippen LogP contribution in [-0.2, 0) is 0 Å². The quantitative estimate of drug-likeness (QED) is 0.693. The summed E-state index contributed by atoms with van der Waals surface area (Å²) < 4.78 is 0. The molecule has 2 aromatic rings. The molecule has 0 amide bonds. The number of thiazole rings is 1. The fourth-order valence-corrected chi connectivity index (χ4v) is 5.01. The average Bonchev–Trinajstić information content (AvgIpc) is 3.00. The number of aromatic nitrogens is 2. The number of nitrogens with zero attached hydrogens (tertiary/aromatic N) is 4. The van der Waals surface area contributed by atoms with Gasteiger partial charge in [0, 0.05) is 49.2 Å². The molecule has 4 heterocycles. The summed E-state index contributed by atoms with van der Waals surface area (Å²) in [6, 6.07) is 4.34. The molecule has 0 aliphatic carbocycles. The van der Waals surface area contributed by atoms with Crippen molar-refractivity contribution in [3.05, 3.63) is 39.6 Å². The number of fused-ring (bicyclic) bond motifs is 2. The molecule has 1 unspecified atom stereocenters. The molecule has 2 aromatic heterocycles. The number of nitrogens with one attached hydrogen (secondary N) is 1. The maximum Gasteiger partial charge on any atom is 0.124 e. The van der Waals surface area contributed by atoms with E-state index in [0.29, 0.717) is 5.92 Å². The van der Waals surface area contributed by atoms with E-state index in [-0.39, 0.29) is 30.9 Å². The lowest BCUT2D eigenvalue weighted by Gasteiger charge is -2.43. The van der Waals surface area contributed by atoms with Crippen LogP contribution in [0.3, 0.4) is 0 Å². The molecule has 6 nitrogen and oxygen atoms in total. The van der Waals surface area contributed by atoms with Gasteiger partial charge in [-0.05, 0) is 39.4 Å². The summed E-state index contributed by atoms with van der Waals surface area (Å²) in [6.45, 7) is 10.9. The third-order valence-electron chi connectivity index (χ3n) is 5.61. The summed E-state index contributed by atoms with van der Waals surface area (Å²) in [5.74, 6) is 0.383. The molecule has 0 radical (unpaired) electrons. The van der Waals surface area contributed by atoms with E-state index in [2.05, 4.69) is 42.1 Å². The Morgan fingerprint density at radius 1 is 1.29 bits per heavy atom. The molecule has 0 saturated carbocycles. The second-order valence-corrected chi connectivity index (χ2v) is 10.1. The van der Waals surface area contributed by atoms with Crippen LogP contribution in [-0.4, -0.2) is 63.2 Å². The van der Waals surface area contributed by atoms with Crippen molar-refractivity contribution >= 4 is 53.0 Å². The van der Waals surface area contributed by atoms with Crippen LogP contribution in [0.25, 0.3) is 11.9 Å². The van der Waals surface area contributed by atoms with Crippen molar-refractivity contribution < 1.29 is 5.11 Å². The molecule has 0 spiro atoms. The van der Waals surface area contributed by atoms with Gasteiger partial charge in [0.25, 0.3) is 0 Å². The summed E-state index contributed by atoms with van der Waals surface area (Å²) in [7, 11) is 2.15. The van der Waals surface area contributed by atoms with E-state index in [0.717, 1.165) is 58.0 Å². The van der Waals surface area contributed by atoms with E-state index in [1.807, 2.05) is 32.3 Å². The van der Waals surface area contributed by atoms with Crippen molar-refractivity contribution in [2.45, 2.75) is 51.7 Å². The molecule has 2 aliphatic heterocycles. The van der Waals surface area contributed by atoms with Gasteiger partial charge in [0.2, 0.25) is 0 Å². The van der Waals surface area contributed by atoms with E-state index in [9.17, 15) is 5.11 Å². The Morgan fingerprint density at radius 3 is 2.71 bits per heavy atom. The van der Waals surface area contributed by atoms with E-state index in [1.54, 1.807) is 11.3 Å². The molecule has 1 saturated heterocycles. The van der Waals surface area contributed by atoms with Crippen LogP contribution >= 0.6 is 36.2 Å². The Bertz CT molecular complexity index is 1020. The van der Waals surface area contributed by atoms with Crippen molar-refractivity contribution in [3.63, 3.8) is 0 Å². The first-order valence-corrected chi connectivity index (χ1v) is 11.2. The fourth-order valence-electron chi connectivity index (χ4n) is 4.08. The highest BCUT2D eigenvalue weighted by atomic mass is 35.5. The molecule has 172 valence electrons. The third kappa shape index (κ3) is 5.52. The lowest BCUT2D eigenvalue weighted by Crippen LogP contribution is -2.54. The minimum absolute atomic E-state index is 0. The van der Waals surface area contributed by atoms with Crippen molar-refractivity contribution in [2.75, 3.05) is 32.0 Å². The minimum Gasteiger partial charge on any atom is -0.390 e. The maximum atomic E-state index is 10.4. The van der Waals surface area contributed by atoms with Gasteiger partial charge in [-0.25, -0.2) is 4.98 Å². The zero-order chi connectivity index (χ0) is 20.8. The summed E-state index contributed by atoms with van der Waals surface area (Å²) in [6.07, 6.45) is 4.63. The molecular weight excluding hydrogens is 453 g/mol. The first kappa shape index (κ1) is 25.9. The number of likely N-dealkylation sites (N-methyl/N-ethyl adjacent to an activating group) is 1. The number of pyridine rings is 1. The van der Waals surface area contributed by atoms with Crippen LogP contribution in [0.15, 0.2) is 18.3 Å². The Morgan fingerprint density at radius 2 is 2.03 bits per heavy atom. The van der Waals surface area contributed by atoms with Crippen molar-refractivity contribution in [1.82, 2.24) is 19.8 Å². The van der Waals surface area contributed by atoms with Crippen LogP contribution in [0, 0.1) is 0 Å². The third-order valence-corrected chi connectivity index (χ3v) is 6.90. The highest BCUT2D eigenvalue weighted by Crippen LogP contribution is 2.35. The Balaban J connectivity index is 0.00000171. The highest BCUT2D eigenvalue weighted by Gasteiger charge is 2.32. The number of aliphatic hydroxyl groups is 1. The lowest BCUT2D eigenvalue weighted by molar-refractivity contribution is 0.0202. The predicted octanol–water partition coefficient (Wildman–Crippen LogP) is 2.60. The molecule has 1 fully saturated rings. The van der Waals surface area contributed by atoms with Gasteiger partial charge in [-0.2, -0.15) is 0 Å². The maximum absolute atomic E-state index is 10.4. The first-order valence-electron chi connectivity index (χ1n) is 10.3. The fraction of sp³-hybridized carbons (Fsp3) is 0.545. The van der Waals surface area contributed by atoms with Crippen LogP contribution in [0.1, 0.15) is 50.7 Å². The molecule has 31 heavy (non-hydrogen) atoms. The molecule has 0 aromatic carbocycles. The topological polar surface area (TPSA) is 64.5 Å². The normalized spacial score (nSPS) is 18.7. The van der Waals surface area contributed by atoms with E-state index < -0.39 is 5.60 Å². The van der Waals surface area contributed by atoms with Gasteiger partial charge in [0.15, 0.2) is 0 Å². The van der Waals surface area contributed by atoms with Crippen LogP contribution in [0.2, 0.25) is 0 Å². The standard InChI is InChI=1S/C22H31N5OS.2ClH/c1-14(2)20-25-18-19(17-15(7-6-8-23-17)12-24-21(18)29-20)27-10-9-26(5)16(13-27)11-22(3,4)28;;/h6-8,12,14,16,24,28H,9-11,13H2,1-5H3;2*1H. The SMILES string of the molecule is CC(C)c1nc2c(s1)NC=c1cccnc1=C2N1CCN(C)C(CC(C)(C)O)C1.Cl.Cl. The number of rotatable bonds is 4. The molecule has 0 bridgehead atoms. The van der Waals surface area contributed by atoms with E-state index in [1.165, 1.54) is 0 Å². The van der Waals surface area contributed by atoms with Crippen molar-refractivity contribution in [2.24, 2.45) is 0 Å². The second-order valence-electron chi connectivity index (χ2n) is 9.06. The van der Waals surface area contributed by atoms with Gasteiger partial charge in [-0.3, -0.25) is 9.88 Å². The number of hydrogen-bond acceptors (Lipinski definition) is 7. The van der Waals surface area contributed by atoms with E-state index >= 15 is 0 Å². The zero-order valence-electron chi connectivity index (χ0n) is 18.8. The van der Waals surface area contributed by atoms with Crippen molar-refractivity contribution in [3.8, 4) is 0 Å². The molecule has 9 heteroatoms. The molecule has 4 rings (SSSR count). The number of anilines is 1. The highest BCUT2D eigenvalue weighted by molar-refractivity contribution is 7.16. The zero-order valence-corrected chi connectivity index (χ0v) is 21.2. The summed E-state index contributed by atoms with van der Waals surface area (Å²) in [5.41, 5.74) is 1.41.